The molecule has 5 nitrogen and oxygen atoms in total. The quantitative estimate of drug-likeness (QED) is 0.803. The summed E-state index contributed by atoms with van der Waals surface area (Å²) in [6.45, 7) is 6.77. The van der Waals surface area contributed by atoms with E-state index < -0.39 is 0 Å². The Balaban J connectivity index is 2.44. The first-order chi connectivity index (χ1) is 10.1. The number of hydrogen-bond acceptors (Lipinski definition) is 3. The highest BCUT2D eigenvalue weighted by Gasteiger charge is 2.20. The van der Waals surface area contributed by atoms with Crippen LogP contribution in [0.4, 0.5) is 5.69 Å². The van der Waals surface area contributed by atoms with Gasteiger partial charge in [-0.15, -0.1) is 0 Å². The van der Waals surface area contributed by atoms with Crippen LogP contribution in [-0.4, -0.2) is 22.0 Å². The van der Waals surface area contributed by atoms with E-state index in [4.69, 9.17) is 5.73 Å². The zero-order chi connectivity index (χ0) is 15.4. The summed E-state index contributed by atoms with van der Waals surface area (Å²) in [7, 11) is 0. The van der Waals surface area contributed by atoms with E-state index in [1.54, 1.807) is 0 Å². The van der Waals surface area contributed by atoms with Crippen molar-refractivity contribution in [2.45, 2.75) is 46.1 Å². The van der Waals surface area contributed by atoms with Crippen molar-refractivity contribution in [2.75, 3.05) is 12.3 Å². The van der Waals surface area contributed by atoms with E-state index >= 15 is 0 Å². The average Bonchev–Trinajstić information content (AvgIpc) is 2.81. The second-order valence-electron chi connectivity index (χ2n) is 5.36. The van der Waals surface area contributed by atoms with Gasteiger partial charge in [0.2, 0.25) is 5.91 Å². The lowest BCUT2D eigenvalue weighted by Gasteiger charge is -2.17. The molecular weight excluding hydrogens is 264 g/mol. The number of nitrogens with zero attached hydrogens (tertiary/aromatic N) is 2. The number of carbonyl (C=O) groups is 1. The molecule has 1 aromatic heterocycles. The number of benzene rings is 1. The van der Waals surface area contributed by atoms with Crippen LogP contribution in [-0.2, 0) is 11.2 Å². The Bertz CT molecular complexity index is 632. The normalized spacial score (nSPS) is 12.5. The summed E-state index contributed by atoms with van der Waals surface area (Å²) in [6, 6.07) is 5.39. The van der Waals surface area contributed by atoms with E-state index in [0.29, 0.717) is 12.2 Å². The first-order valence-corrected chi connectivity index (χ1v) is 7.62. The molecule has 5 heteroatoms. The predicted octanol–water partition coefficient (Wildman–Crippen LogP) is 2.66. The van der Waals surface area contributed by atoms with Gasteiger partial charge in [-0.3, -0.25) is 4.79 Å². The summed E-state index contributed by atoms with van der Waals surface area (Å²) < 4.78 is 2.03. The van der Waals surface area contributed by atoms with E-state index in [2.05, 4.69) is 17.2 Å². The van der Waals surface area contributed by atoms with Gasteiger partial charge in [-0.2, -0.15) is 0 Å². The standard InChI is InChI=1S/C16H24N4O/c1-4-6-15-19-13-10-12(17)7-8-14(13)20(15)11(3)16(21)18-9-5-2/h7-8,10-11H,4-6,9,17H2,1-3H3,(H,18,21). The fraction of sp³-hybridized carbons (Fsp3) is 0.500. The summed E-state index contributed by atoms with van der Waals surface area (Å²) in [5.41, 5.74) is 8.34. The van der Waals surface area contributed by atoms with Gasteiger partial charge >= 0.3 is 0 Å². The van der Waals surface area contributed by atoms with E-state index in [1.165, 1.54) is 0 Å². The molecule has 0 aliphatic carbocycles. The molecule has 1 amide bonds. The van der Waals surface area contributed by atoms with Crippen molar-refractivity contribution in [3.63, 3.8) is 0 Å². The molecule has 114 valence electrons. The number of carbonyl (C=O) groups excluding carboxylic acids is 1. The Morgan fingerprint density at radius 2 is 2.14 bits per heavy atom. The topological polar surface area (TPSA) is 72.9 Å². The van der Waals surface area contributed by atoms with E-state index in [1.807, 2.05) is 36.6 Å². The fourth-order valence-electron chi connectivity index (χ4n) is 2.51. The molecule has 0 aliphatic rings. The summed E-state index contributed by atoms with van der Waals surface area (Å²) in [4.78, 5) is 16.9. The molecule has 1 atom stereocenters. The number of nitrogen functional groups attached to an aromatic ring is 1. The lowest BCUT2D eigenvalue weighted by Crippen LogP contribution is -2.32. The molecule has 0 aliphatic heterocycles. The predicted molar refractivity (Wildman–Crippen MR) is 86.2 cm³/mol. The number of aromatic nitrogens is 2. The molecule has 1 heterocycles. The minimum absolute atomic E-state index is 0.0327. The minimum Gasteiger partial charge on any atom is -0.399 e. The number of amides is 1. The second-order valence-corrected chi connectivity index (χ2v) is 5.36. The van der Waals surface area contributed by atoms with Gasteiger partial charge in [0.1, 0.15) is 11.9 Å². The number of rotatable bonds is 6. The smallest absolute Gasteiger partial charge is 0.242 e. The molecule has 0 spiro atoms. The zero-order valence-corrected chi connectivity index (χ0v) is 13.0. The zero-order valence-electron chi connectivity index (χ0n) is 13.0. The SMILES string of the molecule is CCCNC(=O)C(C)n1c(CCC)nc2cc(N)ccc21. The Hall–Kier alpha value is -2.04. The summed E-state index contributed by atoms with van der Waals surface area (Å²) >= 11 is 0. The number of fused-ring (bicyclic) bond motifs is 1. The Labute approximate surface area is 125 Å². The molecule has 1 aromatic carbocycles. The summed E-state index contributed by atoms with van der Waals surface area (Å²) in [6.07, 6.45) is 2.77. The van der Waals surface area contributed by atoms with Crippen LogP contribution in [0, 0.1) is 0 Å². The third-order valence-electron chi connectivity index (χ3n) is 3.58. The molecule has 2 aromatic rings. The van der Waals surface area contributed by atoms with Crippen LogP contribution in [0.5, 0.6) is 0 Å². The van der Waals surface area contributed by atoms with Gasteiger partial charge < -0.3 is 15.6 Å². The van der Waals surface area contributed by atoms with Crippen LogP contribution in [0.25, 0.3) is 11.0 Å². The maximum Gasteiger partial charge on any atom is 0.242 e. The van der Waals surface area contributed by atoms with Gasteiger partial charge in [-0.1, -0.05) is 13.8 Å². The number of aryl methyl sites for hydroxylation is 1. The van der Waals surface area contributed by atoms with Gasteiger partial charge in [-0.05, 0) is 38.0 Å². The molecule has 3 N–H and O–H groups in total. The minimum atomic E-state index is -0.272. The molecular formula is C16H24N4O. The van der Waals surface area contributed by atoms with Gasteiger partial charge in [0.05, 0.1) is 11.0 Å². The Kier molecular flexibility index (Phi) is 4.83. The van der Waals surface area contributed by atoms with E-state index in [0.717, 1.165) is 36.1 Å². The maximum absolute atomic E-state index is 12.3. The molecule has 0 fully saturated rings. The van der Waals surface area contributed by atoms with E-state index in [9.17, 15) is 4.79 Å². The average molecular weight is 288 g/mol. The number of nitrogens with two attached hydrogens (primary N) is 1. The monoisotopic (exact) mass is 288 g/mol. The van der Waals surface area contributed by atoms with Crippen LogP contribution in [0.2, 0.25) is 0 Å². The van der Waals surface area contributed by atoms with Gasteiger partial charge in [0.15, 0.2) is 0 Å². The third-order valence-corrected chi connectivity index (χ3v) is 3.58. The molecule has 1 unspecified atom stereocenters. The molecule has 21 heavy (non-hydrogen) atoms. The number of hydrogen-bond donors (Lipinski definition) is 2. The van der Waals surface area contributed by atoms with E-state index in [-0.39, 0.29) is 11.9 Å². The lowest BCUT2D eigenvalue weighted by molar-refractivity contribution is -0.123. The third kappa shape index (κ3) is 3.17. The fourth-order valence-corrected chi connectivity index (χ4v) is 2.51. The number of nitrogens with one attached hydrogen (secondary N) is 1. The molecule has 0 saturated heterocycles. The van der Waals surface area contributed by atoms with Crippen molar-refractivity contribution < 1.29 is 4.79 Å². The first kappa shape index (κ1) is 15.4. The van der Waals surface area contributed by atoms with Crippen molar-refractivity contribution in [3.8, 4) is 0 Å². The van der Waals surface area contributed by atoms with Crippen molar-refractivity contribution in [3.05, 3.63) is 24.0 Å². The molecule has 2 rings (SSSR count). The second kappa shape index (κ2) is 6.61. The van der Waals surface area contributed by atoms with Gasteiger partial charge in [-0.25, -0.2) is 4.98 Å². The van der Waals surface area contributed by atoms with Crippen molar-refractivity contribution in [2.24, 2.45) is 0 Å². The van der Waals surface area contributed by atoms with Crippen LogP contribution in [0.1, 0.15) is 45.5 Å². The number of anilines is 1. The van der Waals surface area contributed by atoms with Crippen molar-refractivity contribution >= 4 is 22.6 Å². The lowest BCUT2D eigenvalue weighted by atomic mass is 10.2. The molecule has 0 radical (unpaired) electrons. The number of imidazole rings is 1. The maximum atomic E-state index is 12.3. The summed E-state index contributed by atoms with van der Waals surface area (Å²) in [5.74, 6) is 0.975. The molecule has 0 saturated carbocycles. The highest BCUT2D eigenvalue weighted by molar-refractivity contribution is 5.85. The highest BCUT2D eigenvalue weighted by atomic mass is 16.2. The first-order valence-electron chi connectivity index (χ1n) is 7.62. The summed E-state index contributed by atoms with van der Waals surface area (Å²) in [5, 5.41) is 2.95. The Morgan fingerprint density at radius 1 is 1.38 bits per heavy atom. The van der Waals surface area contributed by atoms with Gasteiger partial charge in [0.25, 0.3) is 0 Å². The Morgan fingerprint density at radius 3 is 2.81 bits per heavy atom. The van der Waals surface area contributed by atoms with Gasteiger partial charge in [0, 0.05) is 18.7 Å². The largest absolute Gasteiger partial charge is 0.399 e. The van der Waals surface area contributed by atoms with Crippen LogP contribution >= 0.6 is 0 Å². The highest BCUT2D eigenvalue weighted by Crippen LogP contribution is 2.24. The molecule has 0 bridgehead atoms. The van der Waals surface area contributed by atoms with Crippen LogP contribution in [0.3, 0.4) is 0 Å². The van der Waals surface area contributed by atoms with Crippen LogP contribution in [0.15, 0.2) is 18.2 Å². The van der Waals surface area contributed by atoms with Crippen molar-refractivity contribution in [1.29, 1.82) is 0 Å². The van der Waals surface area contributed by atoms with Crippen LogP contribution < -0.4 is 11.1 Å². The van der Waals surface area contributed by atoms with Crippen molar-refractivity contribution in [1.82, 2.24) is 14.9 Å².